The molecular weight excluding hydrogens is 1330 g/mol. The van der Waals surface area contributed by atoms with E-state index in [1.807, 2.05) is 0 Å². The molecule has 102 heavy (non-hydrogen) atoms. The van der Waals surface area contributed by atoms with Crippen molar-refractivity contribution in [3.63, 3.8) is 0 Å². The maximum Gasteiger partial charge on any atom is 0.472 e. The zero-order chi connectivity index (χ0) is 75.1. The van der Waals surface area contributed by atoms with Crippen LogP contribution in [0.2, 0.25) is 0 Å². The number of esters is 4. The van der Waals surface area contributed by atoms with Crippen molar-refractivity contribution in [1.82, 2.24) is 0 Å². The monoisotopic (exact) mass is 1490 g/mol. The first-order valence-electron chi connectivity index (χ1n) is 42.8. The number of phosphoric ester groups is 2. The molecule has 0 fully saturated rings. The molecule has 0 saturated heterocycles. The fourth-order valence-corrected chi connectivity index (χ4v) is 14.4. The normalized spacial score (nSPS) is 13.9. The van der Waals surface area contributed by atoms with Crippen molar-refractivity contribution in [3.05, 3.63) is 0 Å². The minimum atomic E-state index is -4.96. The van der Waals surface area contributed by atoms with Gasteiger partial charge in [-0.15, -0.1) is 0 Å². The smallest absolute Gasteiger partial charge is 0.462 e. The van der Waals surface area contributed by atoms with Gasteiger partial charge in [0, 0.05) is 25.7 Å². The fraction of sp³-hybridized carbons (Fsp3) is 0.952. The third-order valence-electron chi connectivity index (χ3n) is 19.4. The molecule has 2 unspecified atom stereocenters. The third kappa shape index (κ3) is 76.3. The van der Waals surface area contributed by atoms with Crippen molar-refractivity contribution < 1.29 is 80.2 Å². The van der Waals surface area contributed by atoms with Crippen LogP contribution >= 0.6 is 15.6 Å². The molecule has 3 N–H and O–H groups in total. The second-order valence-electron chi connectivity index (χ2n) is 31.3. The Morgan fingerprint density at radius 3 is 0.667 bits per heavy atom. The van der Waals surface area contributed by atoms with Crippen molar-refractivity contribution in [2.45, 2.75) is 452 Å². The first-order valence-corrected chi connectivity index (χ1v) is 45.8. The highest BCUT2D eigenvalue weighted by Gasteiger charge is 2.30. The SMILES string of the molecule is CCCCCCCCCCCCCCCCCCCC(=O)OC[C@H](COP(=O)(O)OC[C@@H](O)COP(=O)(O)OC[C@@H](COC(=O)CCCCCCCCCCC(C)C)OC(=O)CCCCCCCCCCCCCCCC(C)C)OC(=O)CCCCCCCCCCCCCCCCCC(C)C. The van der Waals surface area contributed by atoms with Gasteiger partial charge >= 0.3 is 39.5 Å². The van der Waals surface area contributed by atoms with Crippen LogP contribution in [0.15, 0.2) is 0 Å². The van der Waals surface area contributed by atoms with Gasteiger partial charge < -0.3 is 33.8 Å². The van der Waals surface area contributed by atoms with Crippen molar-refractivity contribution in [2.75, 3.05) is 39.6 Å². The van der Waals surface area contributed by atoms with E-state index in [-0.39, 0.29) is 25.7 Å². The van der Waals surface area contributed by atoms with E-state index in [1.165, 1.54) is 244 Å². The second-order valence-corrected chi connectivity index (χ2v) is 34.2. The quantitative estimate of drug-likeness (QED) is 0.0222. The van der Waals surface area contributed by atoms with E-state index in [9.17, 15) is 43.2 Å². The van der Waals surface area contributed by atoms with Gasteiger partial charge in [0.2, 0.25) is 0 Å². The predicted molar refractivity (Wildman–Crippen MR) is 418 cm³/mol. The molecule has 0 aliphatic rings. The van der Waals surface area contributed by atoms with Gasteiger partial charge in [0.05, 0.1) is 26.4 Å². The molecule has 17 nitrogen and oxygen atoms in total. The summed E-state index contributed by atoms with van der Waals surface area (Å²) in [4.78, 5) is 73.1. The summed E-state index contributed by atoms with van der Waals surface area (Å²) in [7, 11) is -9.93. The summed E-state index contributed by atoms with van der Waals surface area (Å²) in [5, 5.41) is 10.7. The zero-order valence-electron chi connectivity index (χ0n) is 67.1. The van der Waals surface area contributed by atoms with E-state index in [2.05, 4.69) is 48.5 Å². The van der Waals surface area contributed by atoms with E-state index in [4.69, 9.17) is 37.0 Å². The fourth-order valence-electron chi connectivity index (χ4n) is 12.8. The van der Waals surface area contributed by atoms with Gasteiger partial charge in [-0.25, -0.2) is 9.13 Å². The summed E-state index contributed by atoms with van der Waals surface area (Å²) in [6.07, 6.45) is 62.4. The zero-order valence-corrected chi connectivity index (χ0v) is 68.9. The Bertz CT molecular complexity index is 1970. The van der Waals surface area contributed by atoms with Crippen LogP contribution in [0.25, 0.3) is 0 Å². The number of hydrogen-bond acceptors (Lipinski definition) is 15. The van der Waals surface area contributed by atoms with Crippen molar-refractivity contribution in [1.29, 1.82) is 0 Å². The molecule has 0 rings (SSSR count). The number of phosphoric acid groups is 2. The Labute approximate surface area is 626 Å². The van der Waals surface area contributed by atoms with Crippen LogP contribution in [0.4, 0.5) is 0 Å². The van der Waals surface area contributed by atoms with E-state index < -0.39 is 97.5 Å². The molecular formula is C83H162O17P2. The average molecular weight is 1490 g/mol. The topological polar surface area (TPSA) is 237 Å². The molecule has 0 aliphatic carbocycles. The molecule has 0 radical (unpaired) electrons. The molecule has 0 aliphatic heterocycles. The number of hydrogen-bond donors (Lipinski definition) is 3. The summed E-state index contributed by atoms with van der Waals surface area (Å²) >= 11 is 0. The van der Waals surface area contributed by atoms with Crippen LogP contribution in [-0.2, 0) is 65.4 Å². The molecule has 0 saturated carbocycles. The largest absolute Gasteiger partial charge is 0.472 e. The van der Waals surface area contributed by atoms with Crippen LogP contribution in [-0.4, -0.2) is 96.7 Å². The average Bonchev–Trinajstić information content (AvgIpc) is 0.916. The van der Waals surface area contributed by atoms with Gasteiger partial charge in [-0.2, -0.15) is 0 Å². The first-order chi connectivity index (χ1) is 49.2. The highest BCUT2D eigenvalue weighted by atomic mass is 31.2. The summed E-state index contributed by atoms with van der Waals surface area (Å²) in [5.74, 6) is 0.208. The van der Waals surface area contributed by atoms with Crippen LogP contribution < -0.4 is 0 Å². The van der Waals surface area contributed by atoms with Crippen LogP contribution in [0.3, 0.4) is 0 Å². The number of aliphatic hydroxyl groups is 1. The maximum absolute atomic E-state index is 13.1. The van der Waals surface area contributed by atoms with E-state index in [1.54, 1.807) is 0 Å². The highest BCUT2D eigenvalue weighted by Crippen LogP contribution is 2.45. The number of carbonyl (C=O) groups excluding carboxylic acids is 4. The maximum atomic E-state index is 13.1. The lowest BCUT2D eigenvalue weighted by atomic mass is 10.0. The van der Waals surface area contributed by atoms with Crippen molar-refractivity contribution in [3.8, 4) is 0 Å². The van der Waals surface area contributed by atoms with Gasteiger partial charge in [0.15, 0.2) is 12.2 Å². The third-order valence-corrected chi connectivity index (χ3v) is 21.3. The highest BCUT2D eigenvalue weighted by molar-refractivity contribution is 7.47. The molecule has 0 aromatic carbocycles. The van der Waals surface area contributed by atoms with E-state index >= 15 is 0 Å². The van der Waals surface area contributed by atoms with Crippen LogP contribution in [0.5, 0.6) is 0 Å². The standard InChI is InChI=1S/C83H162O17P2/c1-8-9-10-11-12-13-14-15-16-17-20-25-30-35-43-50-57-64-80(85)93-70-78(99-82(87)66-59-52-45-36-31-26-21-18-19-23-28-33-40-47-54-61-74(2)3)72-97-101(89,90)95-68-77(84)69-96-102(91,92)98-73-79(71-94-81(86)65-58-51-44-39-38-42-49-56-63-76(6)7)100-83(88)67-60-53-46-37-32-27-22-24-29-34-41-48-55-62-75(4)5/h74-79,84H,8-73H2,1-7H3,(H,89,90)(H,91,92)/t77-,78-,79-/m1/s1. The van der Waals surface area contributed by atoms with Crippen molar-refractivity contribution in [2.24, 2.45) is 17.8 Å². The van der Waals surface area contributed by atoms with Gasteiger partial charge in [-0.3, -0.25) is 37.3 Å². The Kier molecular flexibility index (Phi) is 71.8. The summed E-state index contributed by atoms with van der Waals surface area (Å²) in [6, 6.07) is 0. The second kappa shape index (κ2) is 73.2. The minimum Gasteiger partial charge on any atom is -0.462 e. The minimum absolute atomic E-state index is 0.107. The first kappa shape index (κ1) is 100. The van der Waals surface area contributed by atoms with Crippen molar-refractivity contribution >= 4 is 39.5 Å². The lowest BCUT2D eigenvalue weighted by Crippen LogP contribution is -2.30. The van der Waals surface area contributed by atoms with Crippen LogP contribution in [0.1, 0.15) is 434 Å². The predicted octanol–water partition coefficient (Wildman–Crippen LogP) is 24.9. The lowest BCUT2D eigenvalue weighted by Gasteiger charge is -2.21. The molecule has 5 atom stereocenters. The number of carbonyl (C=O) groups is 4. The summed E-state index contributed by atoms with van der Waals surface area (Å²) in [6.45, 7) is 12.0. The molecule has 0 aromatic rings. The summed E-state index contributed by atoms with van der Waals surface area (Å²) < 4.78 is 68.8. The van der Waals surface area contributed by atoms with E-state index in [0.29, 0.717) is 25.7 Å². The Morgan fingerprint density at radius 2 is 0.451 bits per heavy atom. The Balaban J connectivity index is 5.26. The van der Waals surface area contributed by atoms with Gasteiger partial charge in [-0.1, -0.05) is 382 Å². The number of aliphatic hydroxyl groups excluding tert-OH is 1. The molecule has 0 heterocycles. The molecule has 0 amide bonds. The van der Waals surface area contributed by atoms with Gasteiger partial charge in [0.25, 0.3) is 0 Å². The van der Waals surface area contributed by atoms with Crippen LogP contribution in [0, 0.1) is 17.8 Å². The molecule has 0 spiro atoms. The Hall–Kier alpha value is -1.94. The molecule has 606 valence electrons. The molecule has 19 heteroatoms. The molecule has 0 aromatic heterocycles. The Morgan fingerprint density at radius 1 is 0.265 bits per heavy atom. The summed E-state index contributed by atoms with van der Waals surface area (Å²) in [5.41, 5.74) is 0. The van der Waals surface area contributed by atoms with Gasteiger partial charge in [0.1, 0.15) is 19.3 Å². The number of ether oxygens (including phenoxy) is 4. The lowest BCUT2D eigenvalue weighted by molar-refractivity contribution is -0.161. The number of unbranched alkanes of at least 4 members (excludes halogenated alkanes) is 49. The van der Waals surface area contributed by atoms with E-state index in [0.717, 1.165) is 108 Å². The number of rotatable bonds is 81. The molecule has 0 bridgehead atoms. The van der Waals surface area contributed by atoms with Gasteiger partial charge in [-0.05, 0) is 43.4 Å².